The van der Waals surface area contributed by atoms with Crippen molar-refractivity contribution in [3.63, 3.8) is 0 Å². The van der Waals surface area contributed by atoms with Gasteiger partial charge in [-0.3, -0.25) is 14.2 Å². The van der Waals surface area contributed by atoms with Gasteiger partial charge in [0.25, 0.3) is 0 Å². The molecule has 0 aliphatic heterocycles. The van der Waals surface area contributed by atoms with Crippen LogP contribution in [0.3, 0.4) is 0 Å². The van der Waals surface area contributed by atoms with E-state index in [1.807, 2.05) is 24.3 Å². The summed E-state index contributed by atoms with van der Waals surface area (Å²) in [4.78, 5) is 23.9. The van der Waals surface area contributed by atoms with E-state index < -0.39 is 6.04 Å². The monoisotopic (exact) mass is 358 g/mol. The van der Waals surface area contributed by atoms with E-state index in [4.69, 9.17) is 10.5 Å². The number of carbonyl (C=O) groups excluding carboxylic acids is 2. The molecule has 1 heterocycles. The van der Waals surface area contributed by atoms with Gasteiger partial charge in [-0.05, 0) is 18.1 Å². The van der Waals surface area contributed by atoms with Crippen LogP contribution in [0.1, 0.15) is 62.7 Å². The molecule has 1 atom stereocenters. The van der Waals surface area contributed by atoms with Crippen molar-refractivity contribution in [2.45, 2.75) is 64.8 Å². The van der Waals surface area contributed by atoms with Crippen LogP contribution in [-0.2, 0) is 16.0 Å². The summed E-state index contributed by atoms with van der Waals surface area (Å²) in [6.07, 6.45) is 9.00. The first-order chi connectivity index (χ1) is 12.5. The van der Waals surface area contributed by atoms with E-state index in [9.17, 15) is 9.59 Å². The molecule has 0 saturated carbocycles. The lowest BCUT2D eigenvalue weighted by Gasteiger charge is -2.11. The smallest absolute Gasteiger partial charge is 0.323 e. The second-order valence-corrected chi connectivity index (χ2v) is 6.81. The molecule has 2 aromatic rings. The zero-order valence-electron chi connectivity index (χ0n) is 15.9. The number of esters is 1. The van der Waals surface area contributed by atoms with Gasteiger partial charge < -0.3 is 10.5 Å². The van der Waals surface area contributed by atoms with Crippen LogP contribution in [0.2, 0.25) is 0 Å². The highest BCUT2D eigenvalue weighted by Gasteiger charge is 2.19. The number of para-hydroxylation sites is 1. The third-order valence-corrected chi connectivity index (χ3v) is 4.62. The predicted molar refractivity (Wildman–Crippen MR) is 104 cm³/mol. The van der Waals surface area contributed by atoms with E-state index in [1.54, 1.807) is 10.8 Å². The van der Waals surface area contributed by atoms with Crippen molar-refractivity contribution in [3.8, 4) is 0 Å². The molecule has 1 unspecified atom stereocenters. The Morgan fingerprint density at radius 1 is 1.12 bits per heavy atom. The molecule has 142 valence electrons. The molecule has 0 radical (unpaired) electrons. The fourth-order valence-corrected chi connectivity index (χ4v) is 3.16. The lowest BCUT2D eigenvalue weighted by Crippen LogP contribution is -2.34. The van der Waals surface area contributed by atoms with Crippen molar-refractivity contribution in [1.82, 2.24) is 4.57 Å². The minimum absolute atomic E-state index is 0.0633. The molecule has 0 amide bonds. The number of hydrogen-bond acceptors (Lipinski definition) is 4. The minimum Gasteiger partial charge on any atom is -0.465 e. The minimum atomic E-state index is -0.721. The molecule has 0 bridgehead atoms. The summed E-state index contributed by atoms with van der Waals surface area (Å²) >= 11 is 0. The van der Waals surface area contributed by atoms with E-state index in [1.165, 1.54) is 32.6 Å². The zero-order valence-corrected chi connectivity index (χ0v) is 15.9. The van der Waals surface area contributed by atoms with Crippen LogP contribution in [0.25, 0.3) is 10.9 Å². The van der Waals surface area contributed by atoms with Crippen molar-refractivity contribution in [2.75, 3.05) is 6.61 Å². The van der Waals surface area contributed by atoms with Crippen LogP contribution in [0.5, 0.6) is 0 Å². The van der Waals surface area contributed by atoms with Crippen LogP contribution >= 0.6 is 0 Å². The van der Waals surface area contributed by atoms with Gasteiger partial charge in [-0.1, -0.05) is 57.2 Å². The number of carbonyl (C=O) groups is 2. The molecule has 0 saturated heterocycles. The van der Waals surface area contributed by atoms with Crippen molar-refractivity contribution >= 4 is 22.8 Å². The van der Waals surface area contributed by atoms with Gasteiger partial charge in [0, 0.05) is 24.9 Å². The van der Waals surface area contributed by atoms with Crippen molar-refractivity contribution in [3.05, 3.63) is 36.0 Å². The van der Waals surface area contributed by atoms with Crippen molar-refractivity contribution in [1.29, 1.82) is 0 Å². The number of benzene rings is 1. The summed E-state index contributed by atoms with van der Waals surface area (Å²) < 4.78 is 6.91. The quantitative estimate of drug-likeness (QED) is 0.513. The lowest BCUT2D eigenvalue weighted by atomic mass is 10.1. The fourth-order valence-electron chi connectivity index (χ4n) is 3.16. The molecule has 0 aliphatic carbocycles. The highest BCUT2D eigenvalue weighted by atomic mass is 16.5. The van der Waals surface area contributed by atoms with Crippen molar-refractivity contribution in [2.24, 2.45) is 5.73 Å². The number of hydrogen-bond donors (Lipinski definition) is 1. The Morgan fingerprint density at radius 2 is 1.81 bits per heavy atom. The Morgan fingerprint density at radius 3 is 2.54 bits per heavy atom. The number of fused-ring (bicyclic) bond motifs is 1. The standard InChI is InChI=1S/C21H30N2O3/c1-3-4-5-6-7-10-13-26-21(25)19(22)14-17-15-23(16(2)24)20-12-9-8-11-18(17)20/h8-9,11-12,15,19H,3-7,10,13-14,22H2,1-2H3. The third kappa shape index (κ3) is 5.43. The zero-order chi connectivity index (χ0) is 18.9. The molecule has 5 heteroatoms. The Kier molecular flexibility index (Phi) is 7.85. The normalized spacial score (nSPS) is 12.3. The number of rotatable bonds is 10. The summed E-state index contributed by atoms with van der Waals surface area (Å²) in [5, 5.41) is 0.946. The van der Waals surface area contributed by atoms with Gasteiger partial charge in [0.2, 0.25) is 5.91 Å². The van der Waals surface area contributed by atoms with E-state index in [-0.39, 0.29) is 11.9 Å². The average Bonchev–Trinajstić information content (AvgIpc) is 3.00. The average molecular weight is 358 g/mol. The fraction of sp³-hybridized carbons (Fsp3) is 0.524. The maximum Gasteiger partial charge on any atom is 0.323 e. The van der Waals surface area contributed by atoms with Crippen LogP contribution in [0, 0.1) is 0 Å². The number of unbranched alkanes of at least 4 members (excludes halogenated alkanes) is 5. The van der Waals surface area contributed by atoms with Gasteiger partial charge in [-0.15, -0.1) is 0 Å². The first-order valence-electron chi connectivity index (χ1n) is 9.56. The molecule has 5 nitrogen and oxygen atoms in total. The topological polar surface area (TPSA) is 74.3 Å². The lowest BCUT2D eigenvalue weighted by molar-refractivity contribution is -0.145. The third-order valence-electron chi connectivity index (χ3n) is 4.62. The Labute approximate surface area is 155 Å². The van der Waals surface area contributed by atoms with Gasteiger partial charge in [-0.2, -0.15) is 0 Å². The number of nitrogens with two attached hydrogens (primary N) is 1. The number of nitrogens with zero attached hydrogens (tertiary/aromatic N) is 1. The van der Waals surface area contributed by atoms with E-state index in [0.29, 0.717) is 13.0 Å². The molecule has 0 aliphatic rings. The molecule has 2 rings (SSSR count). The highest BCUT2D eigenvalue weighted by Crippen LogP contribution is 2.22. The maximum absolute atomic E-state index is 12.1. The van der Waals surface area contributed by atoms with Crippen LogP contribution in [0.4, 0.5) is 0 Å². The predicted octanol–water partition coefficient (Wildman–Crippen LogP) is 4.07. The molecule has 1 aromatic heterocycles. The van der Waals surface area contributed by atoms with E-state index >= 15 is 0 Å². The van der Waals surface area contributed by atoms with Gasteiger partial charge in [0.1, 0.15) is 6.04 Å². The molecule has 0 spiro atoms. The Bertz CT molecular complexity index is 736. The second kappa shape index (κ2) is 10.1. The molecular weight excluding hydrogens is 328 g/mol. The van der Waals surface area contributed by atoms with Gasteiger partial charge in [-0.25, -0.2) is 0 Å². The van der Waals surface area contributed by atoms with Gasteiger partial charge in [0.15, 0.2) is 0 Å². The molecule has 26 heavy (non-hydrogen) atoms. The second-order valence-electron chi connectivity index (χ2n) is 6.81. The van der Waals surface area contributed by atoms with Gasteiger partial charge in [0.05, 0.1) is 12.1 Å². The number of aromatic nitrogens is 1. The summed E-state index contributed by atoms with van der Waals surface area (Å²) in [5.41, 5.74) is 7.76. The first-order valence-corrected chi connectivity index (χ1v) is 9.56. The summed E-state index contributed by atoms with van der Waals surface area (Å²) in [7, 11) is 0. The van der Waals surface area contributed by atoms with Crippen LogP contribution < -0.4 is 5.73 Å². The molecule has 1 aromatic carbocycles. The maximum atomic E-state index is 12.1. The summed E-state index contributed by atoms with van der Waals surface area (Å²) in [6.45, 7) is 4.13. The summed E-state index contributed by atoms with van der Waals surface area (Å²) in [5.74, 6) is -0.440. The summed E-state index contributed by atoms with van der Waals surface area (Å²) in [6, 6.07) is 6.92. The molecular formula is C21H30N2O3. The molecule has 2 N–H and O–H groups in total. The van der Waals surface area contributed by atoms with Crippen molar-refractivity contribution < 1.29 is 14.3 Å². The molecule has 0 fully saturated rings. The number of ether oxygens (including phenoxy) is 1. The van der Waals surface area contributed by atoms with E-state index in [2.05, 4.69) is 6.92 Å². The largest absolute Gasteiger partial charge is 0.465 e. The Hall–Kier alpha value is -2.14. The van der Waals surface area contributed by atoms with Gasteiger partial charge >= 0.3 is 5.97 Å². The van der Waals surface area contributed by atoms with E-state index in [0.717, 1.165) is 29.3 Å². The Balaban J connectivity index is 1.87. The van der Waals surface area contributed by atoms with Crippen LogP contribution in [-0.4, -0.2) is 29.1 Å². The SMILES string of the molecule is CCCCCCCCOC(=O)C(N)Cc1cn(C(C)=O)c2ccccc12. The first kappa shape index (κ1) is 20.2. The highest BCUT2D eigenvalue weighted by molar-refractivity contribution is 5.94. The van der Waals surface area contributed by atoms with Crippen LogP contribution in [0.15, 0.2) is 30.5 Å².